The molecule has 0 atom stereocenters. The monoisotopic (exact) mass is 152 g/mol. The number of fused-ring (bicyclic) bond motifs is 1. The van der Waals surface area contributed by atoms with Gasteiger partial charge < -0.3 is 5.11 Å². The van der Waals surface area contributed by atoms with E-state index in [9.17, 15) is 0 Å². The molecule has 0 aliphatic heterocycles. The number of aliphatic hydroxyl groups is 1. The van der Waals surface area contributed by atoms with Crippen LogP contribution < -0.4 is 0 Å². The average molecular weight is 152 g/mol. The Morgan fingerprint density at radius 1 is 1.45 bits per heavy atom. The molecule has 3 aliphatic rings. The second-order valence-electron chi connectivity index (χ2n) is 3.88. The predicted molar refractivity (Wildman–Crippen MR) is 45.2 cm³/mol. The van der Waals surface area contributed by atoms with Crippen molar-refractivity contribution < 1.29 is 5.11 Å². The highest BCUT2D eigenvalue weighted by atomic mass is 16.2. The van der Waals surface area contributed by atoms with Gasteiger partial charge in [0.1, 0.15) is 0 Å². The number of allylic oxidation sites excluding steroid dienone is 2. The number of rotatable bonds is 3. The normalized spacial score (nSPS) is 34.5. The van der Waals surface area contributed by atoms with Gasteiger partial charge >= 0.3 is 0 Å². The lowest BCUT2D eigenvalue weighted by Gasteiger charge is -2.41. The van der Waals surface area contributed by atoms with E-state index in [4.69, 9.17) is 5.11 Å². The number of hydrogen-bond donors (Lipinski definition) is 1. The second-order valence-corrected chi connectivity index (χ2v) is 3.88. The minimum Gasteiger partial charge on any atom is -0.396 e. The van der Waals surface area contributed by atoms with Crippen molar-refractivity contribution in [2.75, 3.05) is 6.61 Å². The van der Waals surface area contributed by atoms with Crippen molar-refractivity contribution >= 4 is 0 Å². The third-order valence-electron chi connectivity index (χ3n) is 3.10. The molecule has 3 aliphatic carbocycles. The maximum atomic E-state index is 8.67. The van der Waals surface area contributed by atoms with Crippen LogP contribution in [0.1, 0.15) is 32.1 Å². The van der Waals surface area contributed by atoms with E-state index in [1.165, 1.54) is 19.3 Å². The van der Waals surface area contributed by atoms with Crippen LogP contribution >= 0.6 is 0 Å². The van der Waals surface area contributed by atoms with Gasteiger partial charge in [0.2, 0.25) is 0 Å². The van der Waals surface area contributed by atoms with Gasteiger partial charge in [-0.25, -0.2) is 0 Å². The third-order valence-corrected chi connectivity index (χ3v) is 3.10. The summed E-state index contributed by atoms with van der Waals surface area (Å²) in [5.74, 6) is 1.94. The van der Waals surface area contributed by atoms with Gasteiger partial charge in [-0.15, -0.1) is 0 Å². The van der Waals surface area contributed by atoms with E-state index in [0.717, 1.165) is 24.7 Å². The molecule has 2 bridgehead atoms. The molecule has 11 heavy (non-hydrogen) atoms. The van der Waals surface area contributed by atoms with E-state index in [1.54, 1.807) is 5.57 Å². The lowest BCUT2D eigenvalue weighted by atomic mass is 9.64. The Kier molecular flexibility index (Phi) is 1.99. The molecule has 0 amide bonds. The fourth-order valence-corrected chi connectivity index (χ4v) is 2.30. The Balaban J connectivity index is 1.87. The molecule has 1 nitrogen and oxygen atoms in total. The van der Waals surface area contributed by atoms with Gasteiger partial charge in [0.05, 0.1) is 0 Å². The molecular formula is C10H16O. The second kappa shape index (κ2) is 2.98. The standard InChI is InChI=1S/C10H16O/c11-5-1-2-9-4-3-8-6-10(9)7-8/h4,8,10-11H,1-3,5-7H2. The molecule has 3 rings (SSSR count). The van der Waals surface area contributed by atoms with E-state index in [-0.39, 0.29) is 0 Å². The Hall–Kier alpha value is -0.300. The first kappa shape index (κ1) is 7.35. The zero-order valence-electron chi connectivity index (χ0n) is 6.92. The maximum absolute atomic E-state index is 8.67. The van der Waals surface area contributed by atoms with Gasteiger partial charge in [-0.05, 0) is 43.9 Å². The Labute approximate surface area is 68.1 Å². The van der Waals surface area contributed by atoms with E-state index in [2.05, 4.69) is 6.08 Å². The summed E-state index contributed by atoms with van der Waals surface area (Å²) in [6, 6.07) is 0. The van der Waals surface area contributed by atoms with Crippen LogP contribution in [0.5, 0.6) is 0 Å². The highest BCUT2D eigenvalue weighted by molar-refractivity contribution is 5.16. The van der Waals surface area contributed by atoms with E-state index in [1.807, 2.05) is 0 Å². The molecule has 0 saturated heterocycles. The summed E-state index contributed by atoms with van der Waals surface area (Å²) < 4.78 is 0. The molecule has 0 aromatic rings. The number of aliphatic hydroxyl groups excluding tert-OH is 1. The average Bonchev–Trinajstić information content (AvgIpc) is 2.00. The predicted octanol–water partition coefficient (Wildman–Crippen LogP) is 2.12. The van der Waals surface area contributed by atoms with Crippen LogP contribution in [0.4, 0.5) is 0 Å². The lowest BCUT2D eigenvalue weighted by molar-refractivity contribution is 0.200. The van der Waals surface area contributed by atoms with Gasteiger partial charge in [-0.1, -0.05) is 11.6 Å². The van der Waals surface area contributed by atoms with Gasteiger partial charge in [0.15, 0.2) is 0 Å². The van der Waals surface area contributed by atoms with Crippen molar-refractivity contribution in [2.24, 2.45) is 11.8 Å². The molecule has 0 heterocycles. The summed E-state index contributed by atoms with van der Waals surface area (Å²) in [5, 5.41) is 8.67. The highest BCUT2D eigenvalue weighted by Gasteiger charge is 2.33. The smallest absolute Gasteiger partial charge is 0.0434 e. The SMILES string of the molecule is OCCCC1=CCC2CC1C2. The number of hydrogen-bond acceptors (Lipinski definition) is 1. The first-order valence-electron chi connectivity index (χ1n) is 4.70. The van der Waals surface area contributed by atoms with Crippen LogP contribution in [0.15, 0.2) is 11.6 Å². The summed E-state index contributed by atoms with van der Waals surface area (Å²) >= 11 is 0. The molecule has 1 N–H and O–H groups in total. The molecule has 1 heteroatoms. The first-order valence-corrected chi connectivity index (χ1v) is 4.70. The third kappa shape index (κ3) is 1.34. The molecule has 0 spiro atoms. The molecule has 0 unspecified atom stereocenters. The summed E-state index contributed by atoms with van der Waals surface area (Å²) in [6.07, 6.45) is 8.73. The lowest BCUT2D eigenvalue weighted by Crippen LogP contribution is -2.29. The minimum atomic E-state index is 0.355. The maximum Gasteiger partial charge on any atom is 0.0434 e. The molecule has 1 saturated carbocycles. The Morgan fingerprint density at radius 3 is 2.82 bits per heavy atom. The summed E-state index contributed by atoms with van der Waals surface area (Å²) in [6.45, 7) is 0.355. The van der Waals surface area contributed by atoms with Crippen molar-refractivity contribution in [3.05, 3.63) is 11.6 Å². The summed E-state index contributed by atoms with van der Waals surface area (Å²) in [5.41, 5.74) is 1.64. The van der Waals surface area contributed by atoms with Crippen LogP contribution in [-0.4, -0.2) is 11.7 Å². The van der Waals surface area contributed by atoms with Crippen molar-refractivity contribution in [3.8, 4) is 0 Å². The van der Waals surface area contributed by atoms with Crippen molar-refractivity contribution in [1.82, 2.24) is 0 Å². The first-order chi connectivity index (χ1) is 5.40. The van der Waals surface area contributed by atoms with Crippen molar-refractivity contribution in [2.45, 2.75) is 32.1 Å². The minimum absolute atomic E-state index is 0.355. The molecular weight excluding hydrogens is 136 g/mol. The van der Waals surface area contributed by atoms with Crippen molar-refractivity contribution in [3.63, 3.8) is 0 Å². The fourth-order valence-electron chi connectivity index (χ4n) is 2.30. The van der Waals surface area contributed by atoms with Gasteiger partial charge in [0.25, 0.3) is 0 Å². The Bertz CT molecular complexity index is 166. The van der Waals surface area contributed by atoms with Crippen LogP contribution in [0.2, 0.25) is 0 Å². The van der Waals surface area contributed by atoms with E-state index in [0.29, 0.717) is 6.61 Å². The van der Waals surface area contributed by atoms with Crippen LogP contribution in [-0.2, 0) is 0 Å². The van der Waals surface area contributed by atoms with Gasteiger partial charge in [-0.3, -0.25) is 0 Å². The topological polar surface area (TPSA) is 20.2 Å². The molecule has 0 aromatic heterocycles. The summed E-state index contributed by atoms with van der Waals surface area (Å²) in [4.78, 5) is 0. The van der Waals surface area contributed by atoms with Gasteiger partial charge in [-0.2, -0.15) is 0 Å². The zero-order valence-corrected chi connectivity index (χ0v) is 6.92. The quantitative estimate of drug-likeness (QED) is 0.614. The van der Waals surface area contributed by atoms with E-state index >= 15 is 0 Å². The van der Waals surface area contributed by atoms with E-state index < -0.39 is 0 Å². The van der Waals surface area contributed by atoms with Crippen molar-refractivity contribution in [1.29, 1.82) is 0 Å². The molecule has 1 fully saturated rings. The largest absolute Gasteiger partial charge is 0.396 e. The van der Waals surface area contributed by atoms with Crippen LogP contribution in [0.25, 0.3) is 0 Å². The molecule has 62 valence electrons. The van der Waals surface area contributed by atoms with Gasteiger partial charge in [0, 0.05) is 6.61 Å². The Morgan fingerprint density at radius 2 is 2.27 bits per heavy atom. The van der Waals surface area contributed by atoms with Crippen LogP contribution in [0.3, 0.4) is 0 Å². The zero-order chi connectivity index (χ0) is 7.68. The molecule has 0 aromatic carbocycles. The fraction of sp³-hybridized carbons (Fsp3) is 0.800. The summed E-state index contributed by atoms with van der Waals surface area (Å²) in [7, 11) is 0. The van der Waals surface area contributed by atoms with Crippen LogP contribution in [0, 0.1) is 11.8 Å². The molecule has 0 radical (unpaired) electrons. The highest BCUT2D eigenvalue weighted by Crippen LogP contribution is 2.46.